The molecule has 0 radical (unpaired) electrons. The van der Waals surface area contributed by atoms with E-state index in [4.69, 9.17) is 0 Å². The van der Waals surface area contributed by atoms with Gasteiger partial charge in [-0.1, -0.05) is 18.2 Å². The van der Waals surface area contributed by atoms with Crippen LogP contribution in [0.3, 0.4) is 0 Å². The predicted octanol–water partition coefficient (Wildman–Crippen LogP) is 1.85. The van der Waals surface area contributed by atoms with Gasteiger partial charge in [0.15, 0.2) is 5.96 Å². The summed E-state index contributed by atoms with van der Waals surface area (Å²) in [7, 11) is 1.77. The fourth-order valence-corrected chi connectivity index (χ4v) is 4.24. The number of hydrogen-bond donors (Lipinski definition) is 2. The molecule has 0 spiro atoms. The highest BCUT2D eigenvalue weighted by molar-refractivity contribution is 14.0. The van der Waals surface area contributed by atoms with Gasteiger partial charge < -0.3 is 15.5 Å². The smallest absolute Gasteiger partial charge is 0.324 e. The zero-order valence-electron chi connectivity index (χ0n) is 15.4. The Labute approximate surface area is 181 Å². The van der Waals surface area contributed by atoms with Gasteiger partial charge in [0.2, 0.25) is 5.91 Å². The largest absolute Gasteiger partial charge is 0.354 e. The highest BCUT2D eigenvalue weighted by Gasteiger charge is 2.28. The Balaban J connectivity index is 0.00000261. The molecule has 148 valence electrons. The van der Waals surface area contributed by atoms with Crippen LogP contribution in [-0.2, 0) is 4.79 Å². The van der Waals surface area contributed by atoms with Crippen LogP contribution < -0.4 is 10.6 Å². The molecule has 2 aliphatic heterocycles. The Morgan fingerprint density at radius 1 is 1.33 bits per heavy atom. The molecule has 2 aliphatic rings. The number of likely N-dealkylation sites (tertiary alicyclic amines) is 1. The summed E-state index contributed by atoms with van der Waals surface area (Å²) in [5, 5.41) is 5.80. The standard InChI is InChI=1S/C18H25N5O2S.HI/c1-19-17(20-8-10-23-16(24)11-21-18(23)25)22-9-7-14(12-22)13-26-15-5-3-2-4-6-15;/h2-6,14H,7-13H2,1H3,(H,19,20)(H,21,25);1H. The maximum Gasteiger partial charge on any atom is 0.324 e. The maximum atomic E-state index is 11.6. The Kier molecular flexibility index (Phi) is 8.68. The first-order chi connectivity index (χ1) is 12.7. The summed E-state index contributed by atoms with van der Waals surface area (Å²) in [6.45, 7) is 2.91. The Morgan fingerprint density at radius 2 is 2.11 bits per heavy atom. The van der Waals surface area contributed by atoms with Crippen molar-refractivity contribution in [2.45, 2.75) is 11.3 Å². The Hall–Kier alpha value is -1.49. The van der Waals surface area contributed by atoms with Crippen LogP contribution in [0.1, 0.15) is 6.42 Å². The predicted molar refractivity (Wildman–Crippen MR) is 119 cm³/mol. The summed E-state index contributed by atoms with van der Waals surface area (Å²) >= 11 is 1.90. The van der Waals surface area contributed by atoms with E-state index in [1.807, 2.05) is 17.8 Å². The lowest BCUT2D eigenvalue weighted by molar-refractivity contribution is -0.124. The highest BCUT2D eigenvalue weighted by atomic mass is 127. The zero-order valence-corrected chi connectivity index (χ0v) is 18.5. The lowest BCUT2D eigenvalue weighted by Crippen LogP contribution is -2.44. The van der Waals surface area contributed by atoms with Crippen molar-refractivity contribution in [1.82, 2.24) is 20.4 Å². The molecule has 1 unspecified atom stereocenters. The molecule has 2 saturated heterocycles. The summed E-state index contributed by atoms with van der Waals surface area (Å²) in [6.07, 6.45) is 1.15. The van der Waals surface area contributed by atoms with E-state index in [0.29, 0.717) is 19.0 Å². The van der Waals surface area contributed by atoms with Gasteiger partial charge in [-0.2, -0.15) is 0 Å². The molecule has 1 atom stereocenters. The molecule has 3 amide bonds. The number of halogens is 1. The van der Waals surface area contributed by atoms with Crippen molar-refractivity contribution in [2.75, 3.05) is 45.5 Å². The van der Waals surface area contributed by atoms with E-state index in [-0.39, 0.29) is 42.5 Å². The number of nitrogens with zero attached hydrogens (tertiary/aromatic N) is 3. The van der Waals surface area contributed by atoms with Crippen LogP contribution in [0.15, 0.2) is 40.2 Å². The second-order valence-electron chi connectivity index (χ2n) is 6.40. The summed E-state index contributed by atoms with van der Waals surface area (Å²) in [5.41, 5.74) is 0. The number of rotatable bonds is 6. The normalized spacial score (nSPS) is 19.9. The maximum absolute atomic E-state index is 11.6. The van der Waals surface area contributed by atoms with Crippen LogP contribution in [0.25, 0.3) is 0 Å². The molecule has 0 aromatic heterocycles. The number of nitrogens with one attached hydrogen (secondary N) is 2. The van der Waals surface area contributed by atoms with Crippen LogP contribution >= 0.6 is 35.7 Å². The molecule has 9 heteroatoms. The molecular formula is C18H26IN5O2S. The summed E-state index contributed by atoms with van der Waals surface area (Å²) in [6, 6.07) is 10.2. The Morgan fingerprint density at radius 3 is 2.78 bits per heavy atom. The van der Waals surface area contributed by atoms with Gasteiger partial charge in [0, 0.05) is 43.9 Å². The van der Waals surface area contributed by atoms with Crippen molar-refractivity contribution in [3.05, 3.63) is 30.3 Å². The van der Waals surface area contributed by atoms with E-state index in [2.05, 4.69) is 44.8 Å². The zero-order chi connectivity index (χ0) is 18.4. The average Bonchev–Trinajstić information content (AvgIpc) is 3.26. The molecular weight excluding hydrogens is 477 g/mol. The third-order valence-corrected chi connectivity index (χ3v) is 5.83. The third-order valence-electron chi connectivity index (χ3n) is 4.58. The van der Waals surface area contributed by atoms with Gasteiger partial charge in [-0.25, -0.2) is 4.79 Å². The van der Waals surface area contributed by atoms with Gasteiger partial charge in [-0.05, 0) is 24.5 Å². The number of aliphatic imine (C=N–C) groups is 1. The van der Waals surface area contributed by atoms with Crippen LogP contribution in [0.5, 0.6) is 0 Å². The van der Waals surface area contributed by atoms with Crippen LogP contribution in [-0.4, -0.2) is 73.2 Å². The van der Waals surface area contributed by atoms with Gasteiger partial charge in [-0.15, -0.1) is 35.7 Å². The summed E-state index contributed by atoms with van der Waals surface area (Å²) in [4.78, 5) is 32.3. The Bertz CT molecular complexity index is 657. The number of amides is 3. The number of hydrogen-bond acceptors (Lipinski definition) is 4. The molecule has 27 heavy (non-hydrogen) atoms. The summed E-state index contributed by atoms with van der Waals surface area (Å²) < 4.78 is 0. The van der Waals surface area contributed by atoms with Crippen molar-refractivity contribution < 1.29 is 9.59 Å². The van der Waals surface area contributed by atoms with Crippen molar-refractivity contribution in [3.63, 3.8) is 0 Å². The fourth-order valence-electron chi connectivity index (χ4n) is 3.19. The third kappa shape index (κ3) is 6.00. The minimum atomic E-state index is -0.314. The molecule has 1 aromatic rings. The average molecular weight is 503 g/mol. The van der Waals surface area contributed by atoms with Gasteiger partial charge in [-0.3, -0.25) is 14.7 Å². The molecule has 2 fully saturated rings. The van der Waals surface area contributed by atoms with Crippen LogP contribution in [0, 0.1) is 5.92 Å². The number of benzene rings is 1. The monoisotopic (exact) mass is 503 g/mol. The number of urea groups is 1. The van der Waals surface area contributed by atoms with Crippen molar-refractivity contribution in [3.8, 4) is 0 Å². The fraction of sp³-hybridized carbons (Fsp3) is 0.500. The molecule has 2 N–H and O–H groups in total. The molecule has 0 bridgehead atoms. The summed E-state index contributed by atoms with van der Waals surface area (Å²) in [5.74, 6) is 2.39. The molecule has 0 aliphatic carbocycles. The van der Waals surface area contributed by atoms with Gasteiger partial charge >= 0.3 is 6.03 Å². The molecule has 3 rings (SSSR count). The topological polar surface area (TPSA) is 77.0 Å². The van der Waals surface area contributed by atoms with E-state index in [9.17, 15) is 9.59 Å². The first kappa shape index (κ1) is 21.8. The van der Waals surface area contributed by atoms with Crippen molar-refractivity contribution in [1.29, 1.82) is 0 Å². The quantitative estimate of drug-likeness (QED) is 0.204. The SMILES string of the molecule is CN=C(NCCN1C(=O)CNC1=O)N1CCC(CSc2ccccc2)C1.I. The lowest BCUT2D eigenvalue weighted by Gasteiger charge is -2.22. The van der Waals surface area contributed by atoms with E-state index in [1.165, 1.54) is 9.80 Å². The van der Waals surface area contributed by atoms with E-state index in [1.54, 1.807) is 7.05 Å². The van der Waals surface area contributed by atoms with E-state index >= 15 is 0 Å². The van der Waals surface area contributed by atoms with Gasteiger partial charge in [0.25, 0.3) is 0 Å². The number of imide groups is 1. The minimum absolute atomic E-state index is 0. The highest BCUT2D eigenvalue weighted by Crippen LogP contribution is 2.25. The number of guanidine groups is 1. The first-order valence-corrected chi connectivity index (χ1v) is 9.87. The van der Waals surface area contributed by atoms with Crippen LogP contribution in [0.4, 0.5) is 4.79 Å². The van der Waals surface area contributed by atoms with Gasteiger partial charge in [0.05, 0.1) is 6.54 Å². The van der Waals surface area contributed by atoms with E-state index in [0.717, 1.165) is 31.2 Å². The molecule has 2 heterocycles. The lowest BCUT2D eigenvalue weighted by atomic mass is 10.2. The van der Waals surface area contributed by atoms with Crippen LogP contribution in [0.2, 0.25) is 0 Å². The molecule has 7 nitrogen and oxygen atoms in total. The second-order valence-corrected chi connectivity index (χ2v) is 7.50. The van der Waals surface area contributed by atoms with Crippen molar-refractivity contribution in [2.24, 2.45) is 10.9 Å². The van der Waals surface area contributed by atoms with Gasteiger partial charge in [0.1, 0.15) is 0 Å². The molecule has 1 aromatic carbocycles. The number of carbonyl (C=O) groups is 2. The van der Waals surface area contributed by atoms with Crippen molar-refractivity contribution >= 4 is 53.6 Å². The second kappa shape index (κ2) is 10.7. The number of carbonyl (C=O) groups excluding carboxylic acids is 2. The first-order valence-electron chi connectivity index (χ1n) is 8.89. The molecule has 0 saturated carbocycles. The van der Waals surface area contributed by atoms with E-state index < -0.39 is 0 Å². The number of thioether (sulfide) groups is 1. The minimum Gasteiger partial charge on any atom is -0.354 e.